The van der Waals surface area contributed by atoms with Crippen molar-refractivity contribution in [2.24, 2.45) is 0 Å². The van der Waals surface area contributed by atoms with Gasteiger partial charge in [-0.3, -0.25) is 4.79 Å². The number of nitrogens with two attached hydrogens (primary N) is 1. The lowest BCUT2D eigenvalue weighted by Gasteiger charge is -2.06. The predicted octanol–water partition coefficient (Wildman–Crippen LogP) is 2.64. The molecule has 3 aromatic rings. The number of nitrogens with zero attached hydrogens (tertiary/aromatic N) is 3. The van der Waals surface area contributed by atoms with Gasteiger partial charge in [-0.15, -0.1) is 0 Å². The largest absolute Gasteiger partial charge is 0.369 e. The molecule has 100 valence electrons. The molecule has 2 aromatic heterocycles. The Morgan fingerprint density at radius 2 is 2.10 bits per heavy atom. The first kappa shape index (κ1) is 12.8. The normalized spacial score (nSPS) is 10.8. The monoisotopic (exact) mass is 330 g/mol. The highest BCUT2D eigenvalue weighted by molar-refractivity contribution is 9.10. The number of imidazole rings is 1. The molecule has 20 heavy (non-hydrogen) atoms. The lowest BCUT2D eigenvalue weighted by atomic mass is 10.2. The lowest BCUT2D eigenvalue weighted by Crippen LogP contribution is -2.06. The maximum atomic E-state index is 10.8. The van der Waals surface area contributed by atoms with Crippen LogP contribution in [-0.2, 0) is 6.54 Å². The molecule has 0 bridgehead atoms. The van der Waals surface area contributed by atoms with E-state index in [1.165, 1.54) is 0 Å². The average molecular weight is 331 g/mol. The lowest BCUT2D eigenvalue weighted by molar-refractivity contribution is 0.112. The molecule has 0 saturated carbocycles. The topological polar surface area (TPSA) is 73.8 Å². The van der Waals surface area contributed by atoms with E-state index in [1.54, 1.807) is 12.1 Å². The van der Waals surface area contributed by atoms with E-state index in [0.717, 1.165) is 22.1 Å². The number of aldehydes is 1. The first-order valence-electron chi connectivity index (χ1n) is 6.00. The summed E-state index contributed by atoms with van der Waals surface area (Å²) in [6.45, 7) is 0.530. The second-order valence-electron chi connectivity index (χ2n) is 4.37. The smallest absolute Gasteiger partial charge is 0.201 e. The van der Waals surface area contributed by atoms with Crippen molar-refractivity contribution in [3.05, 3.63) is 52.3 Å². The number of carbonyl (C=O) groups excluding carboxylic acids is 1. The third-order valence-electron chi connectivity index (χ3n) is 3.03. The molecule has 5 nitrogen and oxygen atoms in total. The van der Waals surface area contributed by atoms with Crippen LogP contribution < -0.4 is 5.73 Å². The van der Waals surface area contributed by atoms with E-state index in [9.17, 15) is 4.79 Å². The van der Waals surface area contributed by atoms with E-state index < -0.39 is 0 Å². The number of fused-ring (bicyclic) bond motifs is 1. The molecule has 6 heteroatoms. The van der Waals surface area contributed by atoms with E-state index >= 15 is 0 Å². The molecule has 0 spiro atoms. The molecule has 0 aliphatic rings. The predicted molar refractivity (Wildman–Crippen MR) is 80.6 cm³/mol. The van der Waals surface area contributed by atoms with Crippen LogP contribution in [0.3, 0.4) is 0 Å². The van der Waals surface area contributed by atoms with Gasteiger partial charge in [0.2, 0.25) is 5.95 Å². The summed E-state index contributed by atoms with van der Waals surface area (Å²) >= 11 is 3.35. The first-order valence-corrected chi connectivity index (χ1v) is 6.79. The van der Waals surface area contributed by atoms with Crippen molar-refractivity contribution in [2.75, 3.05) is 5.73 Å². The Balaban J connectivity index is 2.07. The maximum Gasteiger partial charge on any atom is 0.201 e. The Kier molecular flexibility index (Phi) is 3.23. The summed E-state index contributed by atoms with van der Waals surface area (Å²) in [4.78, 5) is 19.5. The average Bonchev–Trinajstić information content (AvgIpc) is 2.74. The fourth-order valence-corrected chi connectivity index (χ4v) is 2.49. The molecule has 3 rings (SSSR count). The number of halogens is 1. The van der Waals surface area contributed by atoms with Gasteiger partial charge < -0.3 is 10.3 Å². The van der Waals surface area contributed by atoms with Gasteiger partial charge in [0.05, 0.1) is 23.3 Å². The van der Waals surface area contributed by atoms with Crippen molar-refractivity contribution in [3.8, 4) is 0 Å². The summed E-state index contributed by atoms with van der Waals surface area (Å²) in [7, 11) is 0. The molecule has 0 amide bonds. The number of nitrogen functional groups attached to an aromatic ring is 1. The molecule has 0 aliphatic carbocycles. The van der Waals surface area contributed by atoms with Gasteiger partial charge in [0.25, 0.3) is 0 Å². The fraction of sp³-hybridized carbons (Fsp3) is 0.0714. The van der Waals surface area contributed by atoms with Gasteiger partial charge in [-0.1, -0.05) is 6.07 Å². The van der Waals surface area contributed by atoms with Gasteiger partial charge in [-0.2, -0.15) is 0 Å². The van der Waals surface area contributed by atoms with Crippen molar-refractivity contribution in [1.29, 1.82) is 0 Å². The molecule has 0 unspecified atom stereocenters. The Labute approximate surface area is 123 Å². The van der Waals surface area contributed by atoms with Crippen molar-refractivity contribution in [2.45, 2.75) is 6.54 Å². The molecule has 0 saturated heterocycles. The molecule has 1 aromatic carbocycles. The molecule has 0 fully saturated rings. The minimum Gasteiger partial charge on any atom is -0.369 e. The van der Waals surface area contributed by atoms with Crippen LogP contribution in [0.25, 0.3) is 11.0 Å². The first-order chi connectivity index (χ1) is 9.67. The van der Waals surface area contributed by atoms with Crippen LogP contribution in [0.4, 0.5) is 5.95 Å². The molecule has 0 aliphatic heterocycles. The van der Waals surface area contributed by atoms with Crippen molar-refractivity contribution < 1.29 is 4.79 Å². The third kappa shape index (κ3) is 2.30. The van der Waals surface area contributed by atoms with Crippen molar-refractivity contribution >= 4 is 39.2 Å². The number of aromatic nitrogens is 3. The van der Waals surface area contributed by atoms with Gasteiger partial charge in [0.15, 0.2) is 0 Å². The Morgan fingerprint density at radius 3 is 2.85 bits per heavy atom. The summed E-state index contributed by atoms with van der Waals surface area (Å²) in [6.07, 6.45) is 0.796. The van der Waals surface area contributed by atoms with Crippen molar-refractivity contribution in [1.82, 2.24) is 14.5 Å². The number of hydrogen-bond donors (Lipinski definition) is 1. The Bertz CT molecular complexity index is 797. The van der Waals surface area contributed by atoms with Gasteiger partial charge in [-0.25, -0.2) is 9.97 Å². The summed E-state index contributed by atoms with van der Waals surface area (Å²) < 4.78 is 2.65. The number of hydrogen-bond acceptors (Lipinski definition) is 4. The van der Waals surface area contributed by atoms with Crippen LogP contribution in [0, 0.1) is 0 Å². The number of pyridine rings is 1. The number of rotatable bonds is 3. The molecule has 0 atom stereocenters. The maximum absolute atomic E-state index is 10.8. The molecule has 2 N–H and O–H groups in total. The van der Waals surface area contributed by atoms with Crippen LogP contribution >= 0.6 is 15.9 Å². The molecular weight excluding hydrogens is 320 g/mol. The zero-order valence-corrected chi connectivity index (χ0v) is 12.0. The highest BCUT2D eigenvalue weighted by atomic mass is 79.9. The molecular formula is C14H11BrN4O. The standard InChI is InChI=1S/C14H11BrN4O/c15-13-3-1-2-10(17-13)7-19-12-5-4-9(8-20)6-11(12)18-14(19)16/h1-6,8H,7H2,(H2,16,18). The Hall–Kier alpha value is -2.21. The van der Waals surface area contributed by atoms with Crippen molar-refractivity contribution in [3.63, 3.8) is 0 Å². The van der Waals surface area contributed by atoms with Crippen LogP contribution in [0.2, 0.25) is 0 Å². The summed E-state index contributed by atoms with van der Waals surface area (Å²) in [5.74, 6) is 0.407. The van der Waals surface area contributed by atoms with Crippen LogP contribution in [0.5, 0.6) is 0 Å². The summed E-state index contributed by atoms with van der Waals surface area (Å²) in [5, 5.41) is 0. The van der Waals surface area contributed by atoms with Crippen LogP contribution in [0.1, 0.15) is 16.1 Å². The van der Waals surface area contributed by atoms with Gasteiger partial charge in [0.1, 0.15) is 10.9 Å². The fourth-order valence-electron chi connectivity index (χ4n) is 2.11. The van der Waals surface area contributed by atoms with E-state index in [1.807, 2.05) is 28.8 Å². The van der Waals surface area contributed by atoms with E-state index in [-0.39, 0.29) is 0 Å². The zero-order valence-electron chi connectivity index (χ0n) is 10.5. The number of benzene rings is 1. The Morgan fingerprint density at radius 1 is 1.25 bits per heavy atom. The van der Waals surface area contributed by atoms with E-state index in [0.29, 0.717) is 23.6 Å². The summed E-state index contributed by atoms with van der Waals surface area (Å²) in [6, 6.07) is 11.0. The highest BCUT2D eigenvalue weighted by Crippen LogP contribution is 2.20. The second kappa shape index (κ2) is 5.05. The van der Waals surface area contributed by atoms with E-state index in [2.05, 4.69) is 25.9 Å². The summed E-state index contributed by atoms with van der Waals surface area (Å²) in [5.41, 5.74) is 9.01. The molecule has 0 radical (unpaired) electrons. The number of anilines is 1. The zero-order chi connectivity index (χ0) is 14.1. The van der Waals surface area contributed by atoms with Gasteiger partial charge >= 0.3 is 0 Å². The quantitative estimate of drug-likeness (QED) is 0.591. The van der Waals surface area contributed by atoms with Gasteiger partial charge in [-0.05, 0) is 46.3 Å². The SMILES string of the molecule is Nc1nc2cc(C=O)ccc2n1Cc1cccc(Br)n1. The highest BCUT2D eigenvalue weighted by Gasteiger charge is 2.10. The number of carbonyl (C=O) groups is 1. The minimum atomic E-state index is 0.407. The molecule has 2 heterocycles. The third-order valence-corrected chi connectivity index (χ3v) is 3.47. The van der Waals surface area contributed by atoms with Crippen LogP contribution in [0.15, 0.2) is 41.0 Å². The van der Waals surface area contributed by atoms with E-state index in [4.69, 9.17) is 5.73 Å². The van der Waals surface area contributed by atoms with Crippen LogP contribution in [-0.4, -0.2) is 20.8 Å². The second-order valence-corrected chi connectivity index (χ2v) is 5.19. The van der Waals surface area contributed by atoms with Gasteiger partial charge in [0, 0.05) is 5.56 Å². The minimum absolute atomic E-state index is 0.407.